The van der Waals surface area contributed by atoms with Crippen molar-refractivity contribution in [3.63, 3.8) is 0 Å². The maximum absolute atomic E-state index is 5.44. The molecule has 4 nitrogen and oxygen atoms in total. The fraction of sp³-hybridized carbons (Fsp3) is 0.714. The van der Waals surface area contributed by atoms with E-state index in [2.05, 4.69) is 5.32 Å². The first-order valence-electron chi connectivity index (χ1n) is 7.07. The van der Waals surface area contributed by atoms with Crippen molar-refractivity contribution in [3.05, 3.63) is 22.8 Å². The standard InChI is InChI=1S/C14H19N3O/c1-2-10(1)14-11-6-15-7-12(11)16-13(17-14)5-9-3-4-18-8-9/h9-10,15H,1-8H2. The fourth-order valence-electron chi connectivity index (χ4n) is 3.04. The molecule has 0 bridgehead atoms. The van der Waals surface area contributed by atoms with Crippen LogP contribution >= 0.6 is 0 Å². The van der Waals surface area contributed by atoms with Crippen LogP contribution in [0.5, 0.6) is 0 Å². The van der Waals surface area contributed by atoms with Gasteiger partial charge in [-0.25, -0.2) is 9.97 Å². The average molecular weight is 245 g/mol. The highest BCUT2D eigenvalue weighted by Crippen LogP contribution is 2.42. The number of ether oxygens (including phenoxy) is 1. The molecule has 1 aromatic rings. The molecular formula is C14H19N3O. The zero-order valence-electron chi connectivity index (χ0n) is 10.6. The van der Waals surface area contributed by atoms with E-state index in [1.807, 2.05) is 0 Å². The van der Waals surface area contributed by atoms with Gasteiger partial charge in [-0.1, -0.05) is 0 Å². The summed E-state index contributed by atoms with van der Waals surface area (Å²) in [7, 11) is 0. The van der Waals surface area contributed by atoms with Gasteiger partial charge in [-0.3, -0.25) is 0 Å². The van der Waals surface area contributed by atoms with Gasteiger partial charge in [0.1, 0.15) is 5.82 Å². The first-order valence-corrected chi connectivity index (χ1v) is 7.07. The predicted octanol–water partition coefficient (Wildman–Crippen LogP) is 1.54. The minimum absolute atomic E-state index is 0.629. The van der Waals surface area contributed by atoms with Crippen molar-refractivity contribution < 1.29 is 4.74 Å². The molecule has 3 heterocycles. The molecule has 4 heteroatoms. The molecule has 1 aromatic heterocycles. The Morgan fingerprint density at radius 2 is 2.11 bits per heavy atom. The Balaban J connectivity index is 1.64. The van der Waals surface area contributed by atoms with E-state index < -0.39 is 0 Å². The van der Waals surface area contributed by atoms with Crippen molar-refractivity contribution in [3.8, 4) is 0 Å². The molecule has 1 saturated carbocycles. The predicted molar refractivity (Wildman–Crippen MR) is 67.2 cm³/mol. The van der Waals surface area contributed by atoms with E-state index in [1.54, 1.807) is 0 Å². The SMILES string of the molecule is C1CC(Cc2nc3c(c(C4CC4)n2)CNC3)CO1. The first kappa shape index (κ1) is 10.9. The fourth-order valence-corrected chi connectivity index (χ4v) is 3.04. The summed E-state index contributed by atoms with van der Waals surface area (Å²) < 4.78 is 5.44. The van der Waals surface area contributed by atoms with Crippen LogP contribution < -0.4 is 5.32 Å². The van der Waals surface area contributed by atoms with Crippen molar-refractivity contribution in [1.82, 2.24) is 15.3 Å². The second-order valence-corrected chi connectivity index (χ2v) is 5.76. The van der Waals surface area contributed by atoms with Crippen molar-refractivity contribution in [2.45, 2.75) is 44.7 Å². The van der Waals surface area contributed by atoms with Crippen LogP contribution in [0.1, 0.15) is 48.0 Å². The third kappa shape index (κ3) is 1.93. The van der Waals surface area contributed by atoms with Gasteiger partial charge in [0.15, 0.2) is 0 Å². The van der Waals surface area contributed by atoms with Crippen molar-refractivity contribution in [2.24, 2.45) is 5.92 Å². The molecule has 18 heavy (non-hydrogen) atoms. The molecular weight excluding hydrogens is 226 g/mol. The normalized spacial score (nSPS) is 26.6. The Hall–Kier alpha value is -1.00. The molecule has 4 rings (SSSR count). The molecule has 1 aliphatic carbocycles. The number of aromatic nitrogens is 2. The number of fused-ring (bicyclic) bond motifs is 1. The third-order valence-electron chi connectivity index (χ3n) is 4.22. The largest absolute Gasteiger partial charge is 0.381 e. The van der Waals surface area contributed by atoms with E-state index in [0.29, 0.717) is 5.92 Å². The van der Waals surface area contributed by atoms with Gasteiger partial charge in [0.2, 0.25) is 0 Å². The number of hydrogen-bond acceptors (Lipinski definition) is 4. The second-order valence-electron chi connectivity index (χ2n) is 5.76. The summed E-state index contributed by atoms with van der Waals surface area (Å²) in [6.45, 7) is 3.68. The zero-order chi connectivity index (χ0) is 11.9. The van der Waals surface area contributed by atoms with E-state index in [-0.39, 0.29) is 0 Å². The average Bonchev–Trinajstić information content (AvgIpc) is 2.89. The maximum Gasteiger partial charge on any atom is 0.129 e. The molecule has 0 aromatic carbocycles. The van der Waals surface area contributed by atoms with Gasteiger partial charge in [0.25, 0.3) is 0 Å². The van der Waals surface area contributed by atoms with Crippen LogP contribution in [0, 0.1) is 5.92 Å². The lowest BCUT2D eigenvalue weighted by Gasteiger charge is -2.11. The van der Waals surface area contributed by atoms with Crippen molar-refractivity contribution in [1.29, 1.82) is 0 Å². The molecule has 96 valence electrons. The van der Waals surface area contributed by atoms with Crippen LogP contribution in [0.4, 0.5) is 0 Å². The number of nitrogens with zero attached hydrogens (tertiary/aromatic N) is 2. The Labute approximate surface area is 107 Å². The quantitative estimate of drug-likeness (QED) is 0.877. The van der Waals surface area contributed by atoms with Gasteiger partial charge in [0.05, 0.1) is 11.4 Å². The molecule has 1 N–H and O–H groups in total. The maximum atomic E-state index is 5.44. The molecule has 0 amide bonds. The molecule has 1 atom stereocenters. The van der Waals surface area contributed by atoms with E-state index >= 15 is 0 Å². The topological polar surface area (TPSA) is 47.0 Å². The van der Waals surface area contributed by atoms with Crippen LogP contribution in [0.3, 0.4) is 0 Å². The third-order valence-corrected chi connectivity index (χ3v) is 4.22. The van der Waals surface area contributed by atoms with E-state index in [4.69, 9.17) is 14.7 Å². The molecule has 2 fully saturated rings. The van der Waals surface area contributed by atoms with Gasteiger partial charge in [0, 0.05) is 44.2 Å². The number of rotatable bonds is 3. The Morgan fingerprint density at radius 1 is 1.17 bits per heavy atom. The Kier molecular flexibility index (Phi) is 2.59. The highest BCUT2D eigenvalue weighted by atomic mass is 16.5. The lowest BCUT2D eigenvalue weighted by atomic mass is 10.0. The van der Waals surface area contributed by atoms with E-state index in [0.717, 1.165) is 50.9 Å². The molecule has 3 aliphatic rings. The van der Waals surface area contributed by atoms with Crippen LogP contribution in [0.2, 0.25) is 0 Å². The molecule has 1 unspecified atom stereocenters. The van der Waals surface area contributed by atoms with Gasteiger partial charge in [-0.2, -0.15) is 0 Å². The lowest BCUT2D eigenvalue weighted by Crippen LogP contribution is -2.11. The van der Waals surface area contributed by atoms with Crippen LogP contribution in [0.15, 0.2) is 0 Å². The summed E-state index contributed by atoms with van der Waals surface area (Å²) >= 11 is 0. The smallest absolute Gasteiger partial charge is 0.129 e. The van der Waals surface area contributed by atoms with Crippen molar-refractivity contribution >= 4 is 0 Å². The second kappa shape index (κ2) is 4.28. The summed E-state index contributed by atoms with van der Waals surface area (Å²) in [6.07, 6.45) is 4.79. The van der Waals surface area contributed by atoms with Gasteiger partial charge >= 0.3 is 0 Å². The molecule has 1 saturated heterocycles. The molecule has 0 radical (unpaired) electrons. The summed E-state index contributed by atoms with van der Waals surface area (Å²) in [6, 6.07) is 0. The van der Waals surface area contributed by atoms with Gasteiger partial charge in [-0.05, 0) is 25.2 Å². The van der Waals surface area contributed by atoms with E-state index in [1.165, 1.54) is 29.8 Å². The summed E-state index contributed by atoms with van der Waals surface area (Å²) in [5.74, 6) is 2.40. The summed E-state index contributed by atoms with van der Waals surface area (Å²) in [5, 5.41) is 3.40. The minimum Gasteiger partial charge on any atom is -0.381 e. The zero-order valence-corrected chi connectivity index (χ0v) is 10.6. The molecule has 2 aliphatic heterocycles. The number of hydrogen-bond donors (Lipinski definition) is 1. The first-order chi connectivity index (χ1) is 8.90. The summed E-state index contributed by atoms with van der Waals surface area (Å²) in [5.41, 5.74) is 3.99. The lowest BCUT2D eigenvalue weighted by molar-refractivity contribution is 0.185. The van der Waals surface area contributed by atoms with Gasteiger partial charge < -0.3 is 10.1 Å². The van der Waals surface area contributed by atoms with Crippen LogP contribution in [0.25, 0.3) is 0 Å². The van der Waals surface area contributed by atoms with Crippen LogP contribution in [-0.2, 0) is 24.2 Å². The van der Waals surface area contributed by atoms with Crippen LogP contribution in [-0.4, -0.2) is 23.2 Å². The van der Waals surface area contributed by atoms with Gasteiger partial charge in [-0.15, -0.1) is 0 Å². The highest BCUT2D eigenvalue weighted by molar-refractivity contribution is 5.33. The number of nitrogens with one attached hydrogen (secondary N) is 1. The van der Waals surface area contributed by atoms with Crippen molar-refractivity contribution in [2.75, 3.05) is 13.2 Å². The van der Waals surface area contributed by atoms with E-state index in [9.17, 15) is 0 Å². The highest BCUT2D eigenvalue weighted by Gasteiger charge is 2.31. The Bertz CT molecular complexity index is 464. The molecule has 0 spiro atoms. The monoisotopic (exact) mass is 245 g/mol. The Morgan fingerprint density at radius 3 is 2.89 bits per heavy atom. The minimum atomic E-state index is 0.629. The summed E-state index contributed by atoms with van der Waals surface area (Å²) in [4.78, 5) is 9.62.